The Morgan fingerprint density at radius 3 is 2.86 bits per heavy atom. The molecule has 22 heavy (non-hydrogen) atoms. The first kappa shape index (κ1) is 14.7. The first-order valence-corrected chi connectivity index (χ1v) is 7.59. The number of aromatic amines is 1. The van der Waals surface area contributed by atoms with Gasteiger partial charge in [-0.25, -0.2) is 5.10 Å². The summed E-state index contributed by atoms with van der Waals surface area (Å²) in [5.74, 6) is -0.176. The van der Waals surface area contributed by atoms with Crippen molar-refractivity contribution >= 4 is 16.7 Å². The number of likely N-dealkylation sites (N-methyl/N-ethyl adjacent to an activating group) is 1. The van der Waals surface area contributed by atoms with Crippen LogP contribution in [-0.2, 0) is 4.74 Å². The standard InChI is InChI=1S/C16H19N3O3/c1-2-19(10-11-6-5-9-22-11)16(21)14-12-7-3-4-8-13(12)15(20)18-17-14/h3-4,7-8,11H,2,5-6,9-10H2,1H3,(H,18,20). The van der Waals surface area contributed by atoms with Gasteiger partial charge in [0.1, 0.15) is 0 Å². The number of aromatic nitrogens is 2. The predicted molar refractivity (Wildman–Crippen MR) is 82.9 cm³/mol. The summed E-state index contributed by atoms with van der Waals surface area (Å²) in [5.41, 5.74) is 0.00405. The number of nitrogens with one attached hydrogen (secondary N) is 1. The molecule has 1 fully saturated rings. The summed E-state index contributed by atoms with van der Waals surface area (Å²) in [5, 5.41) is 7.46. The lowest BCUT2D eigenvalue weighted by molar-refractivity contribution is 0.0535. The van der Waals surface area contributed by atoms with E-state index in [2.05, 4.69) is 10.2 Å². The van der Waals surface area contributed by atoms with Crippen molar-refractivity contribution in [3.63, 3.8) is 0 Å². The van der Waals surface area contributed by atoms with Crippen LogP contribution in [0, 0.1) is 0 Å². The fourth-order valence-corrected chi connectivity index (χ4v) is 2.82. The third kappa shape index (κ3) is 2.74. The lowest BCUT2D eigenvalue weighted by atomic mass is 10.1. The molecule has 1 saturated heterocycles. The molecular weight excluding hydrogens is 282 g/mol. The molecule has 0 saturated carbocycles. The maximum absolute atomic E-state index is 12.8. The second-order valence-electron chi connectivity index (χ2n) is 5.43. The van der Waals surface area contributed by atoms with Gasteiger partial charge >= 0.3 is 0 Å². The number of fused-ring (bicyclic) bond motifs is 1. The fourth-order valence-electron chi connectivity index (χ4n) is 2.82. The van der Waals surface area contributed by atoms with Crippen LogP contribution in [0.25, 0.3) is 10.8 Å². The number of hydrogen-bond acceptors (Lipinski definition) is 4. The summed E-state index contributed by atoms with van der Waals surface area (Å²) < 4.78 is 5.61. The number of ether oxygens (including phenoxy) is 1. The van der Waals surface area contributed by atoms with Crippen molar-refractivity contribution in [1.29, 1.82) is 0 Å². The minimum Gasteiger partial charge on any atom is -0.376 e. The Morgan fingerprint density at radius 2 is 2.18 bits per heavy atom. The highest BCUT2D eigenvalue weighted by Crippen LogP contribution is 2.17. The molecule has 0 spiro atoms. The zero-order valence-corrected chi connectivity index (χ0v) is 12.5. The molecule has 2 aromatic rings. The molecule has 1 amide bonds. The lowest BCUT2D eigenvalue weighted by Gasteiger charge is -2.23. The Balaban J connectivity index is 1.93. The van der Waals surface area contributed by atoms with Crippen molar-refractivity contribution in [2.24, 2.45) is 0 Å². The van der Waals surface area contributed by atoms with E-state index in [0.29, 0.717) is 23.9 Å². The summed E-state index contributed by atoms with van der Waals surface area (Å²) in [6.45, 7) is 3.83. The topological polar surface area (TPSA) is 75.3 Å². The molecule has 0 bridgehead atoms. The van der Waals surface area contributed by atoms with Crippen molar-refractivity contribution in [2.45, 2.75) is 25.9 Å². The first-order valence-electron chi connectivity index (χ1n) is 7.59. The molecule has 116 valence electrons. The van der Waals surface area contributed by atoms with Crippen molar-refractivity contribution in [3.05, 3.63) is 40.3 Å². The van der Waals surface area contributed by atoms with Crippen molar-refractivity contribution < 1.29 is 9.53 Å². The molecule has 1 unspecified atom stereocenters. The van der Waals surface area contributed by atoms with Crippen LogP contribution in [0.15, 0.2) is 29.1 Å². The van der Waals surface area contributed by atoms with Gasteiger partial charge in [-0.3, -0.25) is 9.59 Å². The van der Waals surface area contributed by atoms with E-state index in [1.807, 2.05) is 6.92 Å². The smallest absolute Gasteiger partial charge is 0.275 e. The average Bonchev–Trinajstić information content (AvgIpc) is 3.06. The minimum atomic E-state index is -0.283. The Morgan fingerprint density at radius 1 is 1.41 bits per heavy atom. The van der Waals surface area contributed by atoms with E-state index in [4.69, 9.17) is 4.74 Å². The summed E-state index contributed by atoms with van der Waals surface area (Å²) in [4.78, 5) is 26.3. The van der Waals surface area contributed by atoms with E-state index >= 15 is 0 Å². The zero-order valence-electron chi connectivity index (χ0n) is 12.5. The molecule has 6 heteroatoms. The Hall–Kier alpha value is -2.21. The van der Waals surface area contributed by atoms with E-state index in [1.165, 1.54) is 0 Å². The molecule has 1 N–H and O–H groups in total. The highest BCUT2D eigenvalue weighted by molar-refractivity contribution is 6.04. The highest BCUT2D eigenvalue weighted by atomic mass is 16.5. The molecule has 1 aromatic heterocycles. The summed E-state index contributed by atoms with van der Waals surface area (Å²) >= 11 is 0. The van der Waals surface area contributed by atoms with Gasteiger partial charge in [-0.2, -0.15) is 5.10 Å². The largest absolute Gasteiger partial charge is 0.376 e. The Labute approximate surface area is 128 Å². The second kappa shape index (κ2) is 6.27. The van der Waals surface area contributed by atoms with Crippen LogP contribution in [0.2, 0.25) is 0 Å². The molecule has 3 rings (SSSR count). The number of rotatable bonds is 4. The number of amides is 1. The van der Waals surface area contributed by atoms with Crippen molar-refractivity contribution in [2.75, 3.05) is 19.7 Å². The summed E-state index contributed by atoms with van der Waals surface area (Å²) in [7, 11) is 0. The van der Waals surface area contributed by atoms with E-state index in [1.54, 1.807) is 29.2 Å². The van der Waals surface area contributed by atoms with Gasteiger partial charge in [0.2, 0.25) is 0 Å². The quantitative estimate of drug-likeness (QED) is 0.930. The Kier molecular flexibility index (Phi) is 4.20. The number of carbonyl (C=O) groups excluding carboxylic acids is 1. The van der Waals surface area contributed by atoms with Crippen LogP contribution >= 0.6 is 0 Å². The zero-order chi connectivity index (χ0) is 15.5. The molecule has 1 aliphatic heterocycles. The summed E-state index contributed by atoms with van der Waals surface area (Å²) in [6, 6.07) is 7.03. The number of nitrogens with zero attached hydrogens (tertiary/aromatic N) is 2. The van der Waals surface area contributed by atoms with Gasteiger partial charge in [0.25, 0.3) is 11.5 Å². The second-order valence-corrected chi connectivity index (χ2v) is 5.43. The lowest BCUT2D eigenvalue weighted by Crippen LogP contribution is -2.38. The average molecular weight is 301 g/mol. The van der Waals surface area contributed by atoms with Gasteiger partial charge in [-0.1, -0.05) is 18.2 Å². The minimum absolute atomic E-state index is 0.0953. The van der Waals surface area contributed by atoms with Crippen LogP contribution in [0.4, 0.5) is 0 Å². The van der Waals surface area contributed by atoms with Crippen LogP contribution in [0.1, 0.15) is 30.3 Å². The van der Waals surface area contributed by atoms with Gasteiger partial charge in [0, 0.05) is 25.1 Å². The van der Waals surface area contributed by atoms with E-state index in [0.717, 1.165) is 19.4 Å². The van der Waals surface area contributed by atoms with Gasteiger partial charge < -0.3 is 9.64 Å². The number of benzene rings is 1. The molecule has 1 aromatic carbocycles. The van der Waals surface area contributed by atoms with E-state index in [-0.39, 0.29) is 23.3 Å². The fraction of sp³-hybridized carbons (Fsp3) is 0.438. The maximum Gasteiger partial charge on any atom is 0.275 e. The van der Waals surface area contributed by atoms with Gasteiger partial charge in [-0.05, 0) is 25.8 Å². The van der Waals surface area contributed by atoms with E-state index < -0.39 is 0 Å². The molecule has 1 aliphatic rings. The van der Waals surface area contributed by atoms with Crippen molar-refractivity contribution in [1.82, 2.24) is 15.1 Å². The van der Waals surface area contributed by atoms with Gasteiger partial charge in [0.15, 0.2) is 5.69 Å². The third-order valence-corrected chi connectivity index (χ3v) is 4.02. The van der Waals surface area contributed by atoms with Gasteiger partial charge in [0.05, 0.1) is 11.5 Å². The molecule has 0 aliphatic carbocycles. The maximum atomic E-state index is 12.8. The molecule has 6 nitrogen and oxygen atoms in total. The Bertz CT molecular complexity index is 735. The molecule has 2 heterocycles. The summed E-state index contributed by atoms with van der Waals surface area (Å²) in [6.07, 6.45) is 2.11. The highest BCUT2D eigenvalue weighted by Gasteiger charge is 2.24. The predicted octanol–water partition coefficient (Wildman–Crippen LogP) is 1.56. The molecular formula is C16H19N3O3. The van der Waals surface area contributed by atoms with E-state index in [9.17, 15) is 9.59 Å². The number of hydrogen-bond donors (Lipinski definition) is 1. The van der Waals surface area contributed by atoms with Crippen LogP contribution < -0.4 is 5.56 Å². The monoisotopic (exact) mass is 301 g/mol. The van der Waals surface area contributed by atoms with Crippen LogP contribution in [-0.4, -0.2) is 46.8 Å². The number of carbonyl (C=O) groups is 1. The van der Waals surface area contributed by atoms with Crippen LogP contribution in [0.5, 0.6) is 0 Å². The number of H-pyrrole nitrogens is 1. The molecule has 1 atom stereocenters. The third-order valence-electron chi connectivity index (χ3n) is 4.02. The van der Waals surface area contributed by atoms with Gasteiger partial charge in [-0.15, -0.1) is 0 Å². The van der Waals surface area contributed by atoms with Crippen molar-refractivity contribution in [3.8, 4) is 0 Å². The van der Waals surface area contributed by atoms with Crippen LogP contribution in [0.3, 0.4) is 0 Å². The SMILES string of the molecule is CCN(CC1CCCO1)C(=O)c1n[nH]c(=O)c2ccccc12. The molecule has 0 radical (unpaired) electrons. The normalized spacial score (nSPS) is 17.8. The first-order chi connectivity index (χ1) is 10.7.